The highest BCUT2D eigenvalue weighted by atomic mass is 16.6. The largest absolute Gasteiger partial charge is 0.486 e. The summed E-state index contributed by atoms with van der Waals surface area (Å²) in [6, 6.07) is 18.2. The minimum Gasteiger partial charge on any atom is -0.486 e. The number of hydrogen-bond acceptors (Lipinski definition) is 5. The average molecular weight is 408 g/mol. The molecule has 2 aromatic rings. The zero-order valence-corrected chi connectivity index (χ0v) is 17.5. The molecule has 0 saturated carbocycles. The van der Waals surface area contributed by atoms with Gasteiger partial charge in [-0.15, -0.1) is 0 Å². The van der Waals surface area contributed by atoms with Crippen LogP contribution in [0.5, 0.6) is 11.5 Å². The van der Waals surface area contributed by atoms with E-state index in [1.165, 1.54) is 0 Å². The Balaban J connectivity index is 1.20. The van der Waals surface area contributed by atoms with Crippen LogP contribution in [0, 0.1) is 0 Å². The number of likely N-dealkylation sites (N-methyl/N-ethyl adjacent to an activating group) is 1. The normalized spacial score (nSPS) is 23.2. The molecular formula is C24H29N3O3. The van der Waals surface area contributed by atoms with Crippen molar-refractivity contribution in [2.45, 2.75) is 30.9 Å². The van der Waals surface area contributed by atoms with E-state index in [1.807, 2.05) is 54.4 Å². The Morgan fingerprint density at radius 3 is 2.47 bits per heavy atom. The van der Waals surface area contributed by atoms with Crippen molar-refractivity contribution in [3.63, 3.8) is 0 Å². The van der Waals surface area contributed by atoms with E-state index in [2.05, 4.69) is 21.9 Å². The molecule has 6 heteroatoms. The first-order valence-corrected chi connectivity index (χ1v) is 10.8. The summed E-state index contributed by atoms with van der Waals surface area (Å²) in [4.78, 5) is 19.8. The van der Waals surface area contributed by atoms with E-state index in [1.54, 1.807) is 0 Å². The Hall–Kier alpha value is -2.73. The molecule has 6 nitrogen and oxygen atoms in total. The molecule has 2 saturated heterocycles. The number of carbonyl (C=O) groups is 1. The third-order valence-electron chi connectivity index (χ3n) is 6.70. The monoisotopic (exact) mass is 407 g/mol. The minimum absolute atomic E-state index is 0.0795. The molecule has 3 aliphatic heterocycles. The highest BCUT2D eigenvalue weighted by Gasteiger charge is 2.52. The summed E-state index contributed by atoms with van der Waals surface area (Å²) < 4.78 is 11.9. The summed E-state index contributed by atoms with van der Waals surface area (Å²) in [5.74, 6) is 1.93. The number of fused-ring (bicyclic) bond motifs is 1. The van der Waals surface area contributed by atoms with Crippen LogP contribution in [0.15, 0.2) is 54.6 Å². The van der Waals surface area contributed by atoms with Crippen molar-refractivity contribution in [1.82, 2.24) is 9.80 Å². The molecule has 1 amide bonds. The van der Waals surface area contributed by atoms with Crippen LogP contribution < -0.4 is 14.4 Å². The van der Waals surface area contributed by atoms with Crippen molar-refractivity contribution in [2.24, 2.45) is 0 Å². The van der Waals surface area contributed by atoms with Gasteiger partial charge in [0.2, 0.25) is 5.91 Å². The van der Waals surface area contributed by atoms with Gasteiger partial charge in [-0.2, -0.15) is 0 Å². The molecule has 0 aromatic heterocycles. The molecule has 3 heterocycles. The van der Waals surface area contributed by atoms with Crippen LogP contribution >= 0.6 is 0 Å². The number of rotatable bonds is 4. The van der Waals surface area contributed by atoms with E-state index in [9.17, 15) is 4.79 Å². The van der Waals surface area contributed by atoms with Gasteiger partial charge in [0.25, 0.3) is 0 Å². The van der Waals surface area contributed by atoms with Gasteiger partial charge in [0.05, 0.1) is 6.67 Å². The number of hydrogen-bond donors (Lipinski definition) is 0. The highest BCUT2D eigenvalue weighted by molar-refractivity contribution is 5.93. The lowest BCUT2D eigenvalue weighted by Crippen LogP contribution is -2.56. The van der Waals surface area contributed by atoms with Crippen molar-refractivity contribution in [1.29, 1.82) is 0 Å². The summed E-state index contributed by atoms with van der Waals surface area (Å²) in [5.41, 5.74) is 0.728. The van der Waals surface area contributed by atoms with Crippen LogP contribution in [0.2, 0.25) is 0 Å². The number of anilines is 1. The fraction of sp³-hybridized carbons (Fsp3) is 0.458. The van der Waals surface area contributed by atoms with Crippen LogP contribution in [0.3, 0.4) is 0 Å². The molecule has 0 N–H and O–H groups in total. The van der Waals surface area contributed by atoms with Crippen molar-refractivity contribution in [3.05, 3.63) is 54.6 Å². The fourth-order valence-corrected chi connectivity index (χ4v) is 4.98. The zero-order valence-electron chi connectivity index (χ0n) is 17.5. The predicted octanol–water partition coefficient (Wildman–Crippen LogP) is 2.99. The maximum atomic E-state index is 13.1. The van der Waals surface area contributed by atoms with Crippen LogP contribution in [0.1, 0.15) is 19.3 Å². The lowest BCUT2D eigenvalue weighted by molar-refractivity contribution is -0.132. The van der Waals surface area contributed by atoms with Crippen molar-refractivity contribution in [3.8, 4) is 11.5 Å². The third kappa shape index (κ3) is 3.39. The van der Waals surface area contributed by atoms with Gasteiger partial charge in [0.1, 0.15) is 18.2 Å². The Kier molecular flexibility index (Phi) is 5.03. The average Bonchev–Trinajstić information content (AvgIpc) is 3.04. The summed E-state index contributed by atoms with van der Waals surface area (Å²) in [7, 11) is 1.91. The molecule has 5 rings (SSSR count). The van der Waals surface area contributed by atoms with E-state index in [4.69, 9.17) is 9.47 Å². The molecule has 0 aliphatic carbocycles. The summed E-state index contributed by atoms with van der Waals surface area (Å²) in [5, 5.41) is 0. The van der Waals surface area contributed by atoms with E-state index < -0.39 is 5.54 Å². The van der Waals surface area contributed by atoms with Gasteiger partial charge in [-0.05, 0) is 37.1 Å². The Morgan fingerprint density at radius 1 is 1.00 bits per heavy atom. The Bertz CT molecular complexity index is 896. The van der Waals surface area contributed by atoms with E-state index in [-0.39, 0.29) is 12.0 Å². The Morgan fingerprint density at radius 2 is 1.70 bits per heavy atom. The second-order valence-electron chi connectivity index (χ2n) is 8.57. The van der Waals surface area contributed by atoms with Crippen LogP contribution in [-0.2, 0) is 4.79 Å². The summed E-state index contributed by atoms with van der Waals surface area (Å²) >= 11 is 0. The molecule has 1 atom stereocenters. The predicted molar refractivity (Wildman–Crippen MR) is 116 cm³/mol. The van der Waals surface area contributed by atoms with Gasteiger partial charge in [-0.25, -0.2) is 0 Å². The van der Waals surface area contributed by atoms with Crippen molar-refractivity contribution >= 4 is 11.6 Å². The van der Waals surface area contributed by atoms with Crippen molar-refractivity contribution in [2.75, 3.05) is 44.9 Å². The lowest BCUT2D eigenvalue weighted by atomic mass is 9.85. The highest BCUT2D eigenvalue weighted by Crippen LogP contribution is 2.39. The van der Waals surface area contributed by atoms with Crippen LogP contribution in [0.25, 0.3) is 0 Å². The first kappa shape index (κ1) is 19.2. The zero-order chi connectivity index (χ0) is 20.6. The lowest BCUT2D eigenvalue weighted by Gasteiger charge is -2.43. The van der Waals surface area contributed by atoms with Gasteiger partial charge in [0, 0.05) is 38.8 Å². The number of likely N-dealkylation sites (tertiary alicyclic amines) is 1. The van der Waals surface area contributed by atoms with Crippen molar-refractivity contribution < 1.29 is 14.3 Å². The molecule has 0 bridgehead atoms. The second kappa shape index (κ2) is 7.84. The number of ether oxygens (including phenoxy) is 2. The third-order valence-corrected chi connectivity index (χ3v) is 6.70. The van der Waals surface area contributed by atoms with Gasteiger partial charge in [0.15, 0.2) is 11.5 Å². The van der Waals surface area contributed by atoms with Gasteiger partial charge >= 0.3 is 0 Å². The quantitative estimate of drug-likeness (QED) is 0.780. The number of nitrogens with zero attached hydrogens (tertiary/aromatic N) is 3. The molecule has 0 unspecified atom stereocenters. The molecule has 2 fully saturated rings. The van der Waals surface area contributed by atoms with Gasteiger partial charge in [-0.3, -0.25) is 4.79 Å². The maximum absolute atomic E-state index is 13.1. The standard InChI is InChI=1S/C24H29N3O3/c1-25-18-27(19-7-3-2-4-8-19)24(23(25)28)12-15-26(16-13-24)14-11-20-17-29-21-9-5-6-10-22(21)30-20/h2-10,20H,11-18H2,1H3/t20-/m1/s1. The van der Waals surface area contributed by atoms with E-state index >= 15 is 0 Å². The topological polar surface area (TPSA) is 45.2 Å². The number of piperidine rings is 1. The van der Waals surface area contributed by atoms with Crippen LogP contribution in [0.4, 0.5) is 5.69 Å². The smallest absolute Gasteiger partial charge is 0.249 e. The first-order valence-electron chi connectivity index (χ1n) is 10.8. The molecule has 158 valence electrons. The number of amides is 1. The van der Waals surface area contributed by atoms with E-state index in [0.717, 1.165) is 56.1 Å². The summed E-state index contributed by atoms with van der Waals surface area (Å²) in [6.07, 6.45) is 2.72. The first-order chi connectivity index (χ1) is 14.7. The molecule has 2 aromatic carbocycles. The van der Waals surface area contributed by atoms with Gasteiger partial charge in [-0.1, -0.05) is 30.3 Å². The molecular weight excluding hydrogens is 378 g/mol. The van der Waals surface area contributed by atoms with Crippen LogP contribution in [-0.4, -0.2) is 67.3 Å². The molecule has 30 heavy (non-hydrogen) atoms. The van der Waals surface area contributed by atoms with E-state index in [0.29, 0.717) is 13.3 Å². The molecule has 1 spiro atoms. The summed E-state index contributed by atoms with van der Waals surface area (Å²) in [6.45, 7) is 4.07. The SMILES string of the molecule is CN1CN(c2ccccc2)C2(CCN(CC[C@@H]3COc4ccccc4O3)CC2)C1=O. The minimum atomic E-state index is -0.407. The van der Waals surface area contributed by atoms with Gasteiger partial charge < -0.3 is 24.2 Å². The maximum Gasteiger partial charge on any atom is 0.249 e. The fourth-order valence-electron chi connectivity index (χ4n) is 4.98. The Labute approximate surface area is 178 Å². The number of carbonyl (C=O) groups excluding carboxylic acids is 1. The second-order valence-corrected chi connectivity index (χ2v) is 8.57. The molecule has 0 radical (unpaired) electrons. The molecule has 3 aliphatic rings. The number of benzene rings is 2. The number of para-hydroxylation sites is 3.